The van der Waals surface area contributed by atoms with Crippen molar-refractivity contribution in [3.63, 3.8) is 0 Å². The smallest absolute Gasteiger partial charge is 0.0489 e. The van der Waals surface area contributed by atoms with E-state index in [9.17, 15) is 0 Å². The maximum Gasteiger partial charge on any atom is 0.0489 e. The molecule has 0 aromatic heterocycles. The Kier molecular flexibility index (Phi) is 6.11. The van der Waals surface area contributed by atoms with E-state index < -0.39 is 0 Å². The quantitative estimate of drug-likeness (QED) is 0.660. The number of nitrogens with zero attached hydrogens (tertiary/aromatic N) is 2. The van der Waals surface area contributed by atoms with Gasteiger partial charge in [-0.2, -0.15) is 0 Å². The molecule has 0 amide bonds. The third kappa shape index (κ3) is 4.44. The minimum atomic E-state index is 0.658. The molecule has 2 unspecified atom stereocenters. The summed E-state index contributed by atoms with van der Waals surface area (Å²) < 4.78 is 5.70. The van der Waals surface area contributed by atoms with E-state index in [2.05, 4.69) is 30.6 Å². The number of piperazine rings is 1. The molecule has 2 atom stereocenters. The summed E-state index contributed by atoms with van der Waals surface area (Å²) >= 11 is 0. The van der Waals surface area contributed by atoms with Crippen LogP contribution >= 0.6 is 0 Å². The van der Waals surface area contributed by atoms with Gasteiger partial charge in [-0.05, 0) is 38.1 Å². The third-order valence-corrected chi connectivity index (χ3v) is 4.56. The lowest BCUT2D eigenvalue weighted by molar-refractivity contribution is 0.0372. The summed E-state index contributed by atoms with van der Waals surface area (Å²) in [4.78, 5) is 5.45. The third-order valence-electron chi connectivity index (χ3n) is 4.56. The van der Waals surface area contributed by atoms with Crippen LogP contribution in [0.3, 0.4) is 0 Å². The van der Waals surface area contributed by atoms with E-state index >= 15 is 0 Å². The molecule has 2 aliphatic heterocycles. The molecule has 2 heterocycles. The number of hydrogen-bond donors (Lipinski definition) is 0. The number of fused-ring (bicyclic) bond motifs is 1. The normalized spacial score (nSPS) is 29.1. The van der Waals surface area contributed by atoms with Gasteiger partial charge in [0.1, 0.15) is 0 Å². The standard InChI is InChI=1S/C16H32N2O/c1-4-15-11-18-8-5-7-16(18)12-17(15)9-6-10-19-13-14(2)3/h14-16H,4-13H2,1-3H3. The molecule has 0 bridgehead atoms. The molecule has 2 fully saturated rings. The highest BCUT2D eigenvalue weighted by molar-refractivity contribution is 4.91. The average molecular weight is 268 g/mol. The van der Waals surface area contributed by atoms with Gasteiger partial charge in [0.25, 0.3) is 0 Å². The number of hydrogen-bond acceptors (Lipinski definition) is 3. The van der Waals surface area contributed by atoms with Gasteiger partial charge in [0, 0.05) is 44.9 Å². The van der Waals surface area contributed by atoms with Crippen molar-refractivity contribution in [1.29, 1.82) is 0 Å². The Balaban J connectivity index is 1.69. The molecule has 3 nitrogen and oxygen atoms in total. The van der Waals surface area contributed by atoms with E-state index in [1.165, 1.54) is 51.9 Å². The van der Waals surface area contributed by atoms with Crippen molar-refractivity contribution in [1.82, 2.24) is 9.80 Å². The van der Waals surface area contributed by atoms with E-state index in [0.717, 1.165) is 25.3 Å². The van der Waals surface area contributed by atoms with Gasteiger partial charge >= 0.3 is 0 Å². The first-order valence-electron chi connectivity index (χ1n) is 8.26. The van der Waals surface area contributed by atoms with Crippen LogP contribution in [-0.4, -0.2) is 61.3 Å². The Morgan fingerprint density at radius 1 is 1.26 bits per heavy atom. The zero-order chi connectivity index (χ0) is 13.7. The molecule has 0 aromatic rings. The molecule has 0 N–H and O–H groups in total. The van der Waals surface area contributed by atoms with Crippen LogP contribution in [0, 0.1) is 5.92 Å². The monoisotopic (exact) mass is 268 g/mol. The summed E-state index contributed by atoms with van der Waals surface area (Å²) in [6.07, 6.45) is 5.30. The molecular weight excluding hydrogens is 236 g/mol. The van der Waals surface area contributed by atoms with Gasteiger partial charge < -0.3 is 4.74 Å². The van der Waals surface area contributed by atoms with Gasteiger partial charge in [-0.25, -0.2) is 0 Å². The molecule has 0 radical (unpaired) electrons. The topological polar surface area (TPSA) is 15.7 Å². The van der Waals surface area contributed by atoms with Crippen LogP contribution in [0.1, 0.15) is 46.5 Å². The predicted octanol–water partition coefficient (Wildman–Crippen LogP) is 2.61. The molecular formula is C16H32N2O. The lowest BCUT2D eigenvalue weighted by atomic mass is 10.0. The van der Waals surface area contributed by atoms with Crippen LogP contribution in [0.15, 0.2) is 0 Å². The fourth-order valence-corrected chi connectivity index (χ4v) is 3.50. The van der Waals surface area contributed by atoms with Crippen molar-refractivity contribution in [2.24, 2.45) is 5.92 Å². The van der Waals surface area contributed by atoms with E-state index in [1.807, 2.05) is 0 Å². The first kappa shape index (κ1) is 15.3. The summed E-state index contributed by atoms with van der Waals surface area (Å²) in [7, 11) is 0. The highest BCUT2D eigenvalue weighted by Crippen LogP contribution is 2.25. The lowest BCUT2D eigenvalue weighted by Crippen LogP contribution is -2.56. The molecule has 2 aliphatic rings. The Labute approximate surface area is 119 Å². The van der Waals surface area contributed by atoms with Gasteiger partial charge in [-0.15, -0.1) is 0 Å². The van der Waals surface area contributed by atoms with E-state index in [0.29, 0.717) is 5.92 Å². The molecule has 0 saturated carbocycles. The zero-order valence-electron chi connectivity index (χ0n) is 13.1. The second kappa shape index (κ2) is 7.61. The van der Waals surface area contributed by atoms with E-state index in [4.69, 9.17) is 4.74 Å². The summed E-state index contributed by atoms with van der Waals surface area (Å²) in [6.45, 7) is 13.8. The molecule has 0 aliphatic carbocycles. The van der Waals surface area contributed by atoms with Crippen LogP contribution in [0.5, 0.6) is 0 Å². The maximum absolute atomic E-state index is 5.70. The molecule has 112 valence electrons. The minimum absolute atomic E-state index is 0.658. The largest absolute Gasteiger partial charge is 0.381 e. The van der Waals surface area contributed by atoms with Gasteiger partial charge in [-0.3, -0.25) is 9.80 Å². The Morgan fingerprint density at radius 3 is 2.84 bits per heavy atom. The summed E-state index contributed by atoms with van der Waals surface area (Å²) in [5.41, 5.74) is 0. The SMILES string of the molecule is CCC1CN2CCCC2CN1CCCOCC(C)C. The van der Waals surface area contributed by atoms with Crippen molar-refractivity contribution in [2.75, 3.05) is 39.4 Å². The van der Waals surface area contributed by atoms with Crippen molar-refractivity contribution in [3.8, 4) is 0 Å². The molecule has 0 spiro atoms. The fraction of sp³-hybridized carbons (Fsp3) is 1.00. The van der Waals surface area contributed by atoms with Crippen molar-refractivity contribution in [2.45, 2.75) is 58.5 Å². The van der Waals surface area contributed by atoms with Crippen LogP contribution < -0.4 is 0 Å². The van der Waals surface area contributed by atoms with Gasteiger partial charge in [0.15, 0.2) is 0 Å². The lowest BCUT2D eigenvalue weighted by Gasteiger charge is -2.43. The molecule has 0 aromatic carbocycles. The van der Waals surface area contributed by atoms with Gasteiger partial charge in [-0.1, -0.05) is 20.8 Å². The summed E-state index contributed by atoms with van der Waals surface area (Å²) in [6, 6.07) is 1.62. The fourth-order valence-electron chi connectivity index (χ4n) is 3.50. The first-order valence-corrected chi connectivity index (χ1v) is 8.26. The van der Waals surface area contributed by atoms with E-state index in [-0.39, 0.29) is 0 Å². The van der Waals surface area contributed by atoms with Gasteiger partial charge in [0.05, 0.1) is 0 Å². The van der Waals surface area contributed by atoms with Crippen LogP contribution in [0.4, 0.5) is 0 Å². The molecule has 2 rings (SSSR count). The van der Waals surface area contributed by atoms with E-state index in [1.54, 1.807) is 0 Å². The Bertz CT molecular complexity index is 257. The van der Waals surface area contributed by atoms with Crippen LogP contribution in [-0.2, 0) is 4.74 Å². The van der Waals surface area contributed by atoms with Crippen molar-refractivity contribution < 1.29 is 4.74 Å². The Morgan fingerprint density at radius 2 is 2.11 bits per heavy atom. The number of ether oxygens (including phenoxy) is 1. The second-order valence-electron chi connectivity index (χ2n) is 6.67. The second-order valence-corrected chi connectivity index (χ2v) is 6.67. The van der Waals surface area contributed by atoms with Crippen molar-refractivity contribution >= 4 is 0 Å². The highest BCUT2D eigenvalue weighted by Gasteiger charge is 2.34. The summed E-state index contributed by atoms with van der Waals surface area (Å²) in [5, 5.41) is 0. The number of rotatable bonds is 7. The van der Waals surface area contributed by atoms with Crippen LogP contribution in [0.25, 0.3) is 0 Å². The highest BCUT2D eigenvalue weighted by atomic mass is 16.5. The van der Waals surface area contributed by atoms with Gasteiger partial charge in [0.2, 0.25) is 0 Å². The molecule has 2 saturated heterocycles. The molecule has 3 heteroatoms. The van der Waals surface area contributed by atoms with Crippen molar-refractivity contribution in [3.05, 3.63) is 0 Å². The Hall–Kier alpha value is -0.120. The first-order chi connectivity index (χ1) is 9.20. The van der Waals surface area contributed by atoms with Crippen LogP contribution in [0.2, 0.25) is 0 Å². The zero-order valence-corrected chi connectivity index (χ0v) is 13.1. The summed E-state index contributed by atoms with van der Waals surface area (Å²) in [5.74, 6) is 0.658. The molecule has 19 heavy (non-hydrogen) atoms. The maximum atomic E-state index is 5.70. The predicted molar refractivity (Wildman–Crippen MR) is 80.5 cm³/mol. The minimum Gasteiger partial charge on any atom is -0.381 e. The average Bonchev–Trinajstić information content (AvgIpc) is 2.83.